The zero-order valence-electron chi connectivity index (χ0n) is 15.6. The molecule has 1 aromatic carbocycles. The number of nitrogens with one attached hydrogen (secondary N) is 1. The van der Waals surface area contributed by atoms with Gasteiger partial charge in [0.1, 0.15) is 0 Å². The number of halogens is 4. The van der Waals surface area contributed by atoms with E-state index in [1.54, 1.807) is 0 Å². The van der Waals surface area contributed by atoms with E-state index in [0.29, 0.717) is 5.02 Å². The fourth-order valence-electron chi connectivity index (χ4n) is 3.11. The number of ether oxygens (including phenoxy) is 1. The number of benzene rings is 1. The van der Waals surface area contributed by atoms with Gasteiger partial charge in [-0.1, -0.05) is 23.7 Å². The Balaban J connectivity index is 1.44. The Labute approximate surface area is 171 Å². The molecule has 1 aliphatic heterocycles. The van der Waals surface area contributed by atoms with Crippen molar-refractivity contribution in [3.63, 3.8) is 0 Å². The highest BCUT2D eigenvalue weighted by molar-refractivity contribution is 6.30. The summed E-state index contributed by atoms with van der Waals surface area (Å²) in [5.74, 6) is -0.467. The molecule has 1 aliphatic rings. The molecule has 0 spiro atoms. The van der Waals surface area contributed by atoms with Gasteiger partial charge in [-0.15, -0.1) is 0 Å². The van der Waals surface area contributed by atoms with Gasteiger partial charge in [0.25, 0.3) is 5.91 Å². The van der Waals surface area contributed by atoms with Gasteiger partial charge in [0.15, 0.2) is 6.61 Å². The molecule has 0 atom stereocenters. The van der Waals surface area contributed by atoms with E-state index >= 15 is 0 Å². The first kappa shape index (κ1) is 21.4. The number of carbonyl (C=O) groups is 1. The standard InChI is InChI=1S/C20H21ClF3N3O2/c21-16-4-1-14(2-5-16)12-27-9-7-17(8-10-27)26-19(28)15-3-6-18(25-11-15)29-13-20(22,23)24/h1-6,11,17H,7-10,12-13H2,(H,26,28). The van der Waals surface area contributed by atoms with Crippen molar-refractivity contribution in [2.24, 2.45) is 0 Å². The molecule has 1 N–H and O–H groups in total. The number of rotatable bonds is 6. The number of piperidine rings is 1. The van der Waals surface area contributed by atoms with Gasteiger partial charge in [-0.05, 0) is 36.6 Å². The molecule has 0 bridgehead atoms. The molecule has 1 fully saturated rings. The zero-order valence-corrected chi connectivity index (χ0v) is 16.3. The molecule has 2 heterocycles. The average Bonchev–Trinajstić information content (AvgIpc) is 2.69. The molecule has 0 aliphatic carbocycles. The Bertz CT molecular complexity index is 805. The van der Waals surface area contributed by atoms with Crippen LogP contribution >= 0.6 is 11.6 Å². The Hall–Kier alpha value is -2.32. The highest BCUT2D eigenvalue weighted by Gasteiger charge is 2.28. The highest BCUT2D eigenvalue weighted by atomic mass is 35.5. The monoisotopic (exact) mass is 427 g/mol. The summed E-state index contributed by atoms with van der Waals surface area (Å²) >= 11 is 5.90. The van der Waals surface area contributed by atoms with Crippen LogP contribution in [0.4, 0.5) is 13.2 Å². The molecule has 156 valence electrons. The van der Waals surface area contributed by atoms with Crippen molar-refractivity contribution >= 4 is 17.5 Å². The number of hydrogen-bond acceptors (Lipinski definition) is 4. The van der Waals surface area contributed by atoms with Crippen molar-refractivity contribution in [3.05, 3.63) is 58.7 Å². The molecule has 1 amide bonds. The number of amides is 1. The Morgan fingerprint density at radius 1 is 1.17 bits per heavy atom. The van der Waals surface area contributed by atoms with E-state index in [9.17, 15) is 18.0 Å². The SMILES string of the molecule is O=C(NC1CCN(Cc2ccc(Cl)cc2)CC1)c1ccc(OCC(F)(F)F)nc1. The molecule has 1 aromatic heterocycles. The molecule has 1 saturated heterocycles. The number of aromatic nitrogens is 1. The summed E-state index contributed by atoms with van der Waals surface area (Å²) in [5, 5.41) is 3.67. The Morgan fingerprint density at radius 2 is 1.86 bits per heavy atom. The van der Waals surface area contributed by atoms with Crippen molar-refractivity contribution in [2.45, 2.75) is 31.6 Å². The maximum atomic E-state index is 12.3. The minimum atomic E-state index is -4.43. The third-order valence-corrected chi connectivity index (χ3v) is 4.88. The fraction of sp³-hybridized carbons (Fsp3) is 0.400. The largest absolute Gasteiger partial charge is 0.468 e. The van der Waals surface area contributed by atoms with Crippen LogP contribution in [0.15, 0.2) is 42.6 Å². The summed E-state index contributed by atoms with van der Waals surface area (Å²) in [6, 6.07) is 10.5. The first-order valence-electron chi connectivity index (χ1n) is 9.22. The zero-order chi connectivity index (χ0) is 20.9. The van der Waals surface area contributed by atoms with Gasteiger partial charge >= 0.3 is 6.18 Å². The lowest BCUT2D eigenvalue weighted by atomic mass is 10.0. The van der Waals surface area contributed by atoms with Crippen LogP contribution in [0, 0.1) is 0 Å². The number of pyridine rings is 1. The second-order valence-corrected chi connectivity index (χ2v) is 7.38. The summed E-state index contributed by atoms with van der Waals surface area (Å²) in [6.07, 6.45) is -1.57. The molecule has 3 rings (SSSR count). The maximum Gasteiger partial charge on any atom is 0.422 e. The first-order valence-corrected chi connectivity index (χ1v) is 9.59. The van der Waals surface area contributed by atoms with E-state index in [0.717, 1.165) is 32.5 Å². The second-order valence-electron chi connectivity index (χ2n) is 6.94. The van der Waals surface area contributed by atoms with Crippen molar-refractivity contribution in [1.29, 1.82) is 0 Å². The number of alkyl halides is 3. The van der Waals surface area contributed by atoms with E-state index in [-0.39, 0.29) is 23.4 Å². The molecule has 0 unspecified atom stereocenters. The molecule has 29 heavy (non-hydrogen) atoms. The molecule has 9 heteroatoms. The van der Waals surface area contributed by atoms with Crippen LogP contribution in [0.25, 0.3) is 0 Å². The Kier molecular flexibility index (Phi) is 6.97. The molecule has 2 aromatic rings. The van der Waals surface area contributed by atoms with Crippen molar-refractivity contribution < 1.29 is 22.7 Å². The van der Waals surface area contributed by atoms with Crippen LogP contribution in [0.5, 0.6) is 5.88 Å². The third kappa shape index (κ3) is 6.90. The summed E-state index contributed by atoms with van der Waals surface area (Å²) in [4.78, 5) is 18.4. The van der Waals surface area contributed by atoms with E-state index in [1.807, 2.05) is 24.3 Å². The lowest BCUT2D eigenvalue weighted by Crippen LogP contribution is -2.44. The second kappa shape index (κ2) is 9.45. The van der Waals surface area contributed by atoms with Crippen LogP contribution in [0.2, 0.25) is 5.02 Å². The van der Waals surface area contributed by atoms with Crippen molar-refractivity contribution in [2.75, 3.05) is 19.7 Å². The fourth-order valence-corrected chi connectivity index (χ4v) is 3.23. The van der Waals surface area contributed by atoms with E-state index in [4.69, 9.17) is 11.6 Å². The van der Waals surface area contributed by atoms with Gasteiger partial charge in [-0.3, -0.25) is 9.69 Å². The van der Waals surface area contributed by atoms with Gasteiger partial charge in [-0.2, -0.15) is 13.2 Å². The normalized spacial score (nSPS) is 15.9. The first-order chi connectivity index (χ1) is 13.8. The predicted molar refractivity (Wildman–Crippen MR) is 103 cm³/mol. The van der Waals surface area contributed by atoms with Crippen LogP contribution in [0.3, 0.4) is 0 Å². The molecule has 0 radical (unpaired) electrons. The molecular formula is C20H21ClF3N3O2. The number of hydrogen-bond donors (Lipinski definition) is 1. The van der Waals surface area contributed by atoms with E-state index in [1.165, 1.54) is 23.9 Å². The van der Waals surface area contributed by atoms with Gasteiger partial charge in [0, 0.05) is 43.0 Å². The van der Waals surface area contributed by atoms with Crippen LogP contribution in [-0.4, -0.2) is 47.7 Å². The summed E-state index contributed by atoms with van der Waals surface area (Å²) < 4.78 is 41.0. The van der Waals surface area contributed by atoms with Gasteiger partial charge in [-0.25, -0.2) is 4.98 Å². The van der Waals surface area contributed by atoms with Crippen LogP contribution in [-0.2, 0) is 6.54 Å². The number of likely N-dealkylation sites (tertiary alicyclic amines) is 1. The Morgan fingerprint density at radius 3 is 2.45 bits per heavy atom. The third-order valence-electron chi connectivity index (χ3n) is 4.62. The minimum Gasteiger partial charge on any atom is -0.468 e. The number of nitrogens with zero attached hydrogens (tertiary/aromatic N) is 2. The topological polar surface area (TPSA) is 54.5 Å². The highest BCUT2D eigenvalue weighted by Crippen LogP contribution is 2.18. The molecule has 5 nitrogen and oxygen atoms in total. The quantitative estimate of drug-likeness (QED) is 0.755. The van der Waals surface area contributed by atoms with E-state index in [2.05, 4.69) is 19.9 Å². The summed E-state index contributed by atoms with van der Waals surface area (Å²) in [7, 11) is 0. The minimum absolute atomic E-state index is 0.0464. The van der Waals surface area contributed by atoms with Crippen molar-refractivity contribution in [1.82, 2.24) is 15.2 Å². The summed E-state index contributed by atoms with van der Waals surface area (Å²) in [6.45, 7) is 1.13. The van der Waals surface area contributed by atoms with Crippen LogP contribution < -0.4 is 10.1 Å². The molecule has 0 saturated carbocycles. The van der Waals surface area contributed by atoms with Crippen molar-refractivity contribution in [3.8, 4) is 5.88 Å². The number of carbonyl (C=O) groups excluding carboxylic acids is 1. The smallest absolute Gasteiger partial charge is 0.422 e. The van der Waals surface area contributed by atoms with Gasteiger partial charge in [0.05, 0.1) is 5.56 Å². The van der Waals surface area contributed by atoms with Crippen LogP contribution in [0.1, 0.15) is 28.8 Å². The maximum absolute atomic E-state index is 12.3. The molecular weight excluding hydrogens is 407 g/mol. The average molecular weight is 428 g/mol. The van der Waals surface area contributed by atoms with Gasteiger partial charge < -0.3 is 10.1 Å². The van der Waals surface area contributed by atoms with Gasteiger partial charge in [0.2, 0.25) is 5.88 Å². The lowest BCUT2D eigenvalue weighted by molar-refractivity contribution is -0.154. The summed E-state index contributed by atoms with van der Waals surface area (Å²) in [5.41, 5.74) is 1.48. The van der Waals surface area contributed by atoms with E-state index < -0.39 is 12.8 Å². The predicted octanol–water partition coefficient (Wildman–Crippen LogP) is 4.07. The lowest BCUT2D eigenvalue weighted by Gasteiger charge is -2.32.